The highest BCUT2D eigenvalue weighted by Crippen LogP contribution is 2.45. The van der Waals surface area contributed by atoms with Gasteiger partial charge in [0.25, 0.3) is 0 Å². The maximum absolute atomic E-state index is 11.5. The van der Waals surface area contributed by atoms with Crippen LogP contribution in [-0.2, 0) is 9.53 Å². The highest BCUT2D eigenvalue weighted by molar-refractivity contribution is 5.81. The molecule has 0 unspecified atom stereocenters. The van der Waals surface area contributed by atoms with Gasteiger partial charge in [0.15, 0.2) is 0 Å². The van der Waals surface area contributed by atoms with Crippen LogP contribution in [0.15, 0.2) is 55.1 Å². The maximum atomic E-state index is 11.5. The molecule has 0 atom stereocenters. The van der Waals surface area contributed by atoms with Crippen molar-refractivity contribution in [2.75, 3.05) is 26.4 Å². The fourth-order valence-corrected chi connectivity index (χ4v) is 6.95. The molecule has 0 spiro atoms. The Morgan fingerprint density at radius 3 is 2.24 bits per heavy atom. The van der Waals surface area contributed by atoms with Gasteiger partial charge in [-0.25, -0.2) is 4.79 Å². The molecule has 0 radical (unpaired) electrons. The molecule has 0 aromatic heterocycles. The minimum Gasteiger partial charge on any atom is -0.491 e. The number of aliphatic hydroxyl groups excluding tert-OH is 1. The second kappa shape index (κ2) is 16.6. The second-order valence-corrected chi connectivity index (χ2v) is 12.0. The normalized spacial score (nSPS) is 22.6. The van der Waals surface area contributed by atoms with Crippen LogP contribution >= 0.6 is 0 Å². The number of rotatable bonds is 15. The van der Waals surface area contributed by atoms with Crippen LogP contribution in [0, 0.1) is 17.8 Å². The predicted octanol–water partition coefficient (Wildman–Crippen LogP) is 8.49. The van der Waals surface area contributed by atoms with Gasteiger partial charge in [-0.1, -0.05) is 76.3 Å². The maximum Gasteiger partial charge on any atom is 0.330 e. The molecule has 0 saturated heterocycles. The van der Waals surface area contributed by atoms with E-state index in [1.165, 1.54) is 88.7 Å². The molecule has 5 nitrogen and oxygen atoms in total. The van der Waals surface area contributed by atoms with E-state index >= 15 is 0 Å². The summed E-state index contributed by atoms with van der Waals surface area (Å²) < 4.78 is 16.9. The summed E-state index contributed by atoms with van der Waals surface area (Å²) in [5.74, 6) is 4.45. The molecule has 2 aromatic carbocycles. The molecule has 5 heteroatoms. The number of ether oxygens (including phenoxy) is 3. The van der Waals surface area contributed by atoms with Crippen LogP contribution in [0.25, 0.3) is 11.1 Å². The average Bonchev–Trinajstić information content (AvgIpc) is 3.03. The first-order chi connectivity index (χ1) is 20.1. The Labute approximate surface area is 247 Å². The number of carbonyl (C=O) groups excluding carboxylic acids is 1. The van der Waals surface area contributed by atoms with Crippen LogP contribution in [0.1, 0.15) is 95.5 Å². The number of carbonyl (C=O) groups is 1. The van der Waals surface area contributed by atoms with E-state index in [2.05, 4.69) is 31.7 Å². The van der Waals surface area contributed by atoms with E-state index in [-0.39, 0.29) is 26.4 Å². The summed E-state index contributed by atoms with van der Waals surface area (Å²) >= 11 is 0. The van der Waals surface area contributed by atoms with E-state index in [1.54, 1.807) is 0 Å². The van der Waals surface area contributed by atoms with Crippen molar-refractivity contribution in [1.82, 2.24) is 0 Å². The van der Waals surface area contributed by atoms with E-state index in [4.69, 9.17) is 19.3 Å². The van der Waals surface area contributed by atoms with Crippen molar-refractivity contribution in [3.63, 3.8) is 0 Å². The van der Waals surface area contributed by atoms with Crippen LogP contribution in [-0.4, -0.2) is 37.5 Å². The zero-order valence-electron chi connectivity index (χ0n) is 25.0. The zero-order chi connectivity index (χ0) is 28.9. The van der Waals surface area contributed by atoms with Gasteiger partial charge in [0.1, 0.15) is 31.3 Å². The van der Waals surface area contributed by atoms with Crippen molar-refractivity contribution in [2.45, 2.75) is 89.9 Å². The second-order valence-electron chi connectivity index (χ2n) is 12.0. The molecule has 0 bridgehead atoms. The highest BCUT2D eigenvalue weighted by Gasteiger charge is 2.31. The fourth-order valence-electron chi connectivity index (χ4n) is 6.95. The predicted molar refractivity (Wildman–Crippen MR) is 165 cm³/mol. The molecular weight excluding hydrogens is 512 g/mol. The summed E-state index contributed by atoms with van der Waals surface area (Å²) in [4.78, 5) is 11.5. The van der Waals surface area contributed by atoms with E-state index in [9.17, 15) is 4.79 Å². The minimum absolute atomic E-state index is 0.0141. The fraction of sp³-hybridized carbons (Fsp3) is 0.583. The van der Waals surface area contributed by atoms with Crippen LogP contribution in [0.4, 0.5) is 0 Å². The lowest BCUT2D eigenvalue weighted by Crippen LogP contribution is -2.25. The van der Waals surface area contributed by atoms with Gasteiger partial charge < -0.3 is 19.3 Å². The van der Waals surface area contributed by atoms with Gasteiger partial charge in [0.2, 0.25) is 0 Å². The summed E-state index contributed by atoms with van der Waals surface area (Å²) in [5.41, 5.74) is 3.37. The largest absolute Gasteiger partial charge is 0.491 e. The molecule has 2 aliphatic carbocycles. The van der Waals surface area contributed by atoms with Crippen molar-refractivity contribution in [3.05, 3.63) is 60.7 Å². The van der Waals surface area contributed by atoms with Gasteiger partial charge in [-0.3, -0.25) is 0 Å². The van der Waals surface area contributed by atoms with E-state index in [1.807, 2.05) is 24.3 Å². The van der Waals surface area contributed by atoms with E-state index < -0.39 is 5.97 Å². The molecule has 0 amide bonds. The molecule has 4 rings (SSSR count). The lowest BCUT2D eigenvalue weighted by atomic mass is 9.68. The molecule has 2 saturated carbocycles. The third kappa shape index (κ3) is 9.36. The summed E-state index contributed by atoms with van der Waals surface area (Å²) in [7, 11) is 0. The van der Waals surface area contributed by atoms with E-state index in [0.717, 1.165) is 40.4 Å². The quantitative estimate of drug-likeness (QED) is 0.134. The van der Waals surface area contributed by atoms with Crippen LogP contribution in [0.2, 0.25) is 0 Å². The Morgan fingerprint density at radius 2 is 1.59 bits per heavy atom. The lowest BCUT2D eigenvalue weighted by Gasteiger charge is -2.38. The minimum atomic E-state index is -0.442. The third-order valence-electron chi connectivity index (χ3n) is 9.30. The summed E-state index contributed by atoms with van der Waals surface area (Å²) in [6.45, 7) is 6.47. The van der Waals surface area contributed by atoms with Crippen molar-refractivity contribution in [2.24, 2.45) is 17.8 Å². The van der Waals surface area contributed by atoms with Crippen LogP contribution < -0.4 is 9.47 Å². The van der Waals surface area contributed by atoms with Gasteiger partial charge >= 0.3 is 5.97 Å². The number of hydrogen-bond acceptors (Lipinski definition) is 5. The number of unbranched alkanes of at least 4 members (excludes halogenated alkanes) is 2. The highest BCUT2D eigenvalue weighted by atomic mass is 16.6. The van der Waals surface area contributed by atoms with Crippen molar-refractivity contribution >= 4 is 5.97 Å². The van der Waals surface area contributed by atoms with Gasteiger partial charge in [0.05, 0.1) is 6.61 Å². The summed E-state index contributed by atoms with van der Waals surface area (Å²) in [6.07, 6.45) is 17.7. The lowest BCUT2D eigenvalue weighted by molar-refractivity contribution is -0.138. The topological polar surface area (TPSA) is 65.0 Å². The number of aliphatic hydroxyl groups is 1. The molecule has 0 aliphatic heterocycles. The number of benzene rings is 2. The molecule has 1 N–H and O–H groups in total. The van der Waals surface area contributed by atoms with Crippen LogP contribution in [0.3, 0.4) is 0 Å². The smallest absolute Gasteiger partial charge is 0.330 e. The van der Waals surface area contributed by atoms with Crippen LogP contribution in [0.5, 0.6) is 11.5 Å². The van der Waals surface area contributed by atoms with Gasteiger partial charge in [-0.05, 0) is 91.5 Å². The van der Waals surface area contributed by atoms with Gasteiger partial charge in [-0.15, -0.1) is 0 Å². The van der Waals surface area contributed by atoms with Crippen molar-refractivity contribution in [1.29, 1.82) is 0 Å². The first-order valence-electron chi connectivity index (χ1n) is 16.0. The van der Waals surface area contributed by atoms with Crippen molar-refractivity contribution in [3.8, 4) is 22.6 Å². The molecule has 224 valence electrons. The average molecular weight is 563 g/mol. The van der Waals surface area contributed by atoms with Crippen molar-refractivity contribution < 1.29 is 24.1 Å². The molecule has 2 aliphatic rings. The Balaban J connectivity index is 1.37. The molecule has 0 heterocycles. The zero-order valence-corrected chi connectivity index (χ0v) is 25.0. The standard InChI is InChI=1S/C36H50O5/c1-3-5-6-7-27-8-10-28(11-9-27)29-12-14-30(15-13-29)32-18-21-34(31-16-19-33(20-17-31)39-23-22-37)35(26-32)40-24-25-41-36(38)4-2/h4,16-21,26-30,37H,2-3,5-15,22-25H2,1H3. The SMILES string of the molecule is C=CC(=O)OCCOc1cc(C2CCC(C3CCC(CCCCC)CC3)CC2)ccc1-c1ccc(OCCO)cc1. The monoisotopic (exact) mass is 562 g/mol. The first kappa shape index (κ1) is 31.2. The Morgan fingerprint density at radius 1 is 0.878 bits per heavy atom. The molecule has 2 aromatic rings. The Hall–Kier alpha value is -2.79. The number of hydrogen-bond donors (Lipinski definition) is 1. The molecule has 2 fully saturated rings. The summed E-state index contributed by atoms with van der Waals surface area (Å²) in [6, 6.07) is 14.5. The molecule has 41 heavy (non-hydrogen) atoms. The Kier molecular flexibility index (Phi) is 12.6. The number of esters is 1. The Bertz CT molecular complexity index is 1060. The van der Waals surface area contributed by atoms with Gasteiger partial charge in [-0.2, -0.15) is 0 Å². The summed E-state index contributed by atoms with van der Waals surface area (Å²) in [5, 5.41) is 9.03. The van der Waals surface area contributed by atoms with E-state index in [0.29, 0.717) is 5.92 Å². The van der Waals surface area contributed by atoms with Gasteiger partial charge in [0, 0.05) is 11.6 Å². The molecular formula is C36H50O5. The third-order valence-corrected chi connectivity index (χ3v) is 9.30. The first-order valence-corrected chi connectivity index (χ1v) is 16.0.